The van der Waals surface area contributed by atoms with Crippen LogP contribution < -0.4 is 5.73 Å². The molecule has 0 unspecified atom stereocenters. The molecule has 0 spiro atoms. The fourth-order valence-corrected chi connectivity index (χ4v) is 1.88. The van der Waals surface area contributed by atoms with E-state index in [0.29, 0.717) is 11.1 Å². The summed E-state index contributed by atoms with van der Waals surface area (Å²) in [5, 5.41) is 1.53. The Hall–Kier alpha value is -2.63. The topological polar surface area (TPSA) is 85.5 Å². The van der Waals surface area contributed by atoms with Crippen molar-refractivity contribution in [3.63, 3.8) is 0 Å². The van der Waals surface area contributed by atoms with Gasteiger partial charge in [-0.25, -0.2) is 0 Å². The second-order valence-corrected chi connectivity index (χ2v) is 4.38. The van der Waals surface area contributed by atoms with E-state index in [0.717, 1.165) is 5.39 Å². The number of carbonyl (C=O) groups is 2. The molecule has 0 saturated carbocycles. The normalized spacial score (nSPS) is 10.3. The van der Waals surface area contributed by atoms with Gasteiger partial charge in [-0.2, -0.15) is 0 Å². The lowest BCUT2D eigenvalue weighted by molar-refractivity contribution is -0.141. The van der Waals surface area contributed by atoms with Crippen LogP contribution in [0.15, 0.2) is 30.5 Å². The highest BCUT2D eigenvalue weighted by Gasteiger charge is 2.18. The molecule has 1 amide bonds. The fourth-order valence-electron chi connectivity index (χ4n) is 1.88. The molecule has 0 radical (unpaired) electrons. The quantitative estimate of drug-likeness (QED) is 0.667. The molecule has 0 aliphatic heterocycles. The van der Waals surface area contributed by atoms with E-state index in [9.17, 15) is 9.59 Å². The van der Waals surface area contributed by atoms with Crippen LogP contribution in [0.4, 0.5) is 5.69 Å². The monoisotopic (exact) mass is 273 g/mol. The average molecular weight is 273 g/mol. The molecular weight excluding hydrogens is 258 g/mol. The van der Waals surface area contributed by atoms with Gasteiger partial charge < -0.3 is 15.4 Å². The van der Waals surface area contributed by atoms with Crippen molar-refractivity contribution in [2.24, 2.45) is 0 Å². The van der Waals surface area contributed by atoms with Crippen LogP contribution >= 0.6 is 0 Å². The smallest absolute Gasteiger partial charge is 0.325 e. The van der Waals surface area contributed by atoms with Crippen LogP contribution in [0.2, 0.25) is 0 Å². The third-order valence-electron chi connectivity index (χ3n) is 2.93. The number of esters is 1. The van der Waals surface area contributed by atoms with Gasteiger partial charge in [0, 0.05) is 24.3 Å². The molecule has 1 aromatic carbocycles. The van der Waals surface area contributed by atoms with E-state index < -0.39 is 5.97 Å². The molecule has 2 rings (SSSR count). The Labute approximate surface area is 116 Å². The molecular formula is C14H15N3O3. The maximum absolute atomic E-state index is 12.3. The van der Waals surface area contributed by atoms with Gasteiger partial charge in [-0.15, -0.1) is 0 Å². The number of hydrogen-bond acceptors (Lipinski definition) is 5. The highest BCUT2D eigenvalue weighted by atomic mass is 16.5. The zero-order valence-corrected chi connectivity index (χ0v) is 11.3. The number of anilines is 1. The average Bonchev–Trinajstić information content (AvgIpc) is 2.45. The van der Waals surface area contributed by atoms with Crippen molar-refractivity contribution in [2.45, 2.75) is 0 Å². The van der Waals surface area contributed by atoms with Crippen molar-refractivity contribution < 1.29 is 14.3 Å². The summed E-state index contributed by atoms with van der Waals surface area (Å²) < 4.78 is 4.54. The number of likely N-dealkylation sites (N-methyl/N-ethyl adjacent to an activating group) is 1. The number of nitrogen functional groups attached to an aromatic ring is 1. The number of amides is 1. The Kier molecular flexibility index (Phi) is 3.84. The van der Waals surface area contributed by atoms with Gasteiger partial charge in [0.05, 0.1) is 7.11 Å². The van der Waals surface area contributed by atoms with Crippen molar-refractivity contribution >= 4 is 28.3 Å². The lowest BCUT2D eigenvalue weighted by Crippen LogP contribution is -2.33. The first-order chi connectivity index (χ1) is 9.52. The van der Waals surface area contributed by atoms with Crippen LogP contribution in [0, 0.1) is 0 Å². The SMILES string of the molecule is COC(=O)CN(C)C(=O)c1nccc2cc(N)ccc12. The number of nitrogens with zero attached hydrogens (tertiary/aromatic N) is 2. The number of ether oxygens (including phenoxy) is 1. The van der Waals surface area contributed by atoms with E-state index in [4.69, 9.17) is 5.73 Å². The summed E-state index contributed by atoms with van der Waals surface area (Å²) in [4.78, 5) is 28.9. The van der Waals surface area contributed by atoms with Crippen molar-refractivity contribution in [2.75, 3.05) is 26.4 Å². The van der Waals surface area contributed by atoms with Gasteiger partial charge in [0.15, 0.2) is 0 Å². The molecule has 0 aliphatic rings. The Morgan fingerprint density at radius 2 is 2.10 bits per heavy atom. The Morgan fingerprint density at radius 1 is 1.35 bits per heavy atom. The number of aromatic nitrogens is 1. The van der Waals surface area contributed by atoms with E-state index in [2.05, 4.69) is 9.72 Å². The van der Waals surface area contributed by atoms with Crippen LogP contribution in [0.1, 0.15) is 10.5 Å². The predicted molar refractivity (Wildman–Crippen MR) is 75.1 cm³/mol. The summed E-state index contributed by atoms with van der Waals surface area (Å²) in [6.45, 7) is -0.123. The van der Waals surface area contributed by atoms with Crippen molar-refractivity contribution in [3.05, 3.63) is 36.2 Å². The van der Waals surface area contributed by atoms with Crippen LogP contribution in [-0.2, 0) is 9.53 Å². The largest absolute Gasteiger partial charge is 0.468 e. The molecule has 0 atom stereocenters. The molecule has 0 bridgehead atoms. The van der Waals surface area contributed by atoms with E-state index >= 15 is 0 Å². The zero-order valence-electron chi connectivity index (χ0n) is 11.3. The second kappa shape index (κ2) is 5.56. The molecule has 0 saturated heterocycles. The highest BCUT2D eigenvalue weighted by Crippen LogP contribution is 2.20. The number of rotatable bonds is 3. The van der Waals surface area contributed by atoms with Crippen molar-refractivity contribution in [3.8, 4) is 0 Å². The van der Waals surface area contributed by atoms with Gasteiger partial charge in [-0.1, -0.05) is 0 Å². The van der Waals surface area contributed by atoms with Gasteiger partial charge in [0.1, 0.15) is 12.2 Å². The number of methoxy groups -OCH3 is 1. The zero-order chi connectivity index (χ0) is 14.7. The third-order valence-corrected chi connectivity index (χ3v) is 2.93. The Balaban J connectivity index is 2.37. The summed E-state index contributed by atoms with van der Waals surface area (Å²) in [5.74, 6) is -0.823. The highest BCUT2D eigenvalue weighted by molar-refractivity contribution is 6.06. The number of carbonyl (C=O) groups excluding carboxylic acids is 2. The van der Waals surface area contributed by atoms with Crippen molar-refractivity contribution in [1.29, 1.82) is 0 Å². The maximum Gasteiger partial charge on any atom is 0.325 e. The maximum atomic E-state index is 12.3. The minimum atomic E-state index is -0.481. The number of benzene rings is 1. The predicted octanol–water partition coefficient (Wildman–Crippen LogP) is 1.06. The first-order valence-corrected chi connectivity index (χ1v) is 5.99. The summed E-state index contributed by atoms with van der Waals surface area (Å²) in [5.41, 5.74) is 6.62. The molecule has 6 heteroatoms. The lowest BCUT2D eigenvalue weighted by Gasteiger charge is -2.16. The van der Waals surface area contributed by atoms with E-state index in [1.165, 1.54) is 19.1 Å². The third kappa shape index (κ3) is 2.69. The minimum absolute atomic E-state index is 0.123. The van der Waals surface area contributed by atoms with Crippen LogP contribution in [-0.4, -0.2) is 42.5 Å². The number of fused-ring (bicyclic) bond motifs is 1. The summed E-state index contributed by atoms with van der Waals surface area (Å²) in [6, 6.07) is 7.01. The molecule has 20 heavy (non-hydrogen) atoms. The fraction of sp³-hybridized carbons (Fsp3) is 0.214. The number of pyridine rings is 1. The van der Waals surface area contributed by atoms with E-state index in [1.807, 2.05) is 0 Å². The van der Waals surface area contributed by atoms with Crippen LogP contribution in [0.5, 0.6) is 0 Å². The van der Waals surface area contributed by atoms with E-state index in [1.54, 1.807) is 30.5 Å². The number of hydrogen-bond donors (Lipinski definition) is 1. The second-order valence-electron chi connectivity index (χ2n) is 4.38. The summed E-state index contributed by atoms with van der Waals surface area (Å²) in [6.07, 6.45) is 1.54. The molecule has 0 aliphatic carbocycles. The van der Waals surface area contributed by atoms with Gasteiger partial charge in [0.2, 0.25) is 0 Å². The summed E-state index contributed by atoms with van der Waals surface area (Å²) >= 11 is 0. The van der Waals surface area contributed by atoms with Crippen LogP contribution in [0.25, 0.3) is 10.8 Å². The van der Waals surface area contributed by atoms with Gasteiger partial charge in [0.25, 0.3) is 5.91 Å². The first-order valence-electron chi connectivity index (χ1n) is 5.99. The van der Waals surface area contributed by atoms with Gasteiger partial charge >= 0.3 is 5.97 Å². The van der Waals surface area contributed by atoms with Crippen molar-refractivity contribution in [1.82, 2.24) is 9.88 Å². The minimum Gasteiger partial charge on any atom is -0.468 e. The van der Waals surface area contributed by atoms with Gasteiger partial charge in [-0.3, -0.25) is 14.6 Å². The molecule has 104 valence electrons. The van der Waals surface area contributed by atoms with Gasteiger partial charge in [-0.05, 0) is 29.7 Å². The molecule has 1 aromatic heterocycles. The molecule has 6 nitrogen and oxygen atoms in total. The van der Waals surface area contributed by atoms with E-state index in [-0.39, 0.29) is 18.1 Å². The Bertz CT molecular complexity index is 670. The van der Waals surface area contributed by atoms with Crippen LogP contribution in [0.3, 0.4) is 0 Å². The standard InChI is InChI=1S/C14H15N3O3/c1-17(8-12(18)20-2)14(19)13-11-4-3-10(15)7-9(11)5-6-16-13/h3-7H,8,15H2,1-2H3. The number of nitrogens with two attached hydrogens (primary N) is 1. The molecule has 1 heterocycles. The Morgan fingerprint density at radius 3 is 2.80 bits per heavy atom. The lowest BCUT2D eigenvalue weighted by atomic mass is 10.1. The molecule has 2 N–H and O–H groups in total. The molecule has 2 aromatic rings. The summed E-state index contributed by atoms with van der Waals surface area (Å²) in [7, 11) is 2.80. The molecule has 0 fully saturated rings. The first kappa shape index (κ1) is 13.8.